The van der Waals surface area contributed by atoms with Crippen LogP contribution in [0.2, 0.25) is 0 Å². The maximum absolute atomic E-state index is 10.9. The monoisotopic (exact) mass is 255 g/mol. The van der Waals surface area contributed by atoms with Crippen molar-refractivity contribution in [1.29, 1.82) is 0 Å². The molecule has 4 nitrogen and oxygen atoms in total. The Morgan fingerprint density at radius 1 is 1.28 bits per heavy atom. The Kier molecular flexibility index (Phi) is 7.28. The van der Waals surface area contributed by atoms with E-state index in [2.05, 4.69) is 24.2 Å². The fourth-order valence-electron chi connectivity index (χ4n) is 2.71. The highest BCUT2D eigenvalue weighted by molar-refractivity contribution is 5.74. The normalized spacial score (nSPS) is 18.2. The molecular formula is C14H29N3O. The fraction of sp³-hybridized carbons (Fsp3) is 0.929. The van der Waals surface area contributed by atoms with E-state index < -0.39 is 0 Å². The zero-order valence-corrected chi connectivity index (χ0v) is 12.0. The van der Waals surface area contributed by atoms with Gasteiger partial charge in [0.1, 0.15) is 0 Å². The van der Waals surface area contributed by atoms with E-state index in [4.69, 9.17) is 5.84 Å². The highest BCUT2D eigenvalue weighted by Crippen LogP contribution is 2.24. The lowest BCUT2D eigenvalue weighted by Crippen LogP contribution is -2.35. The lowest BCUT2D eigenvalue weighted by atomic mass is 9.87. The van der Waals surface area contributed by atoms with Gasteiger partial charge in [0.25, 0.3) is 0 Å². The lowest BCUT2D eigenvalue weighted by molar-refractivity contribution is -0.121. The molecule has 1 aliphatic rings. The molecule has 0 aliphatic carbocycles. The summed E-state index contributed by atoms with van der Waals surface area (Å²) in [4.78, 5) is 13.5. The molecule has 3 N–H and O–H groups in total. The molecule has 18 heavy (non-hydrogen) atoms. The molecule has 1 amide bonds. The molecule has 1 fully saturated rings. The highest BCUT2D eigenvalue weighted by atomic mass is 16.2. The van der Waals surface area contributed by atoms with Crippen LogP contribution in [0.25, 0.3) is 0 Å². The number of hydrogen-bond acceptors (Lipinski definition) is 3. The minimum atomic E-state index is -0.0484. The van der Waals surface area contributed by atoms with Crippen LogP contribution in [0.15, 0.2) is 0 Å². The number of carbonyl (C=O) groups excluding carboxylic acids is 1. The van der Waals surface area contributed by atoms with Gasteiger partial charge < -0.3 is 4.90 Å². The van der Waals surface area contributed by atoms with Crippen molar-refractivity contribution in [3.05, 3.63) is 0 Å². The standard InChI is InChI=1S/C14H29N3O/c1-12(2)13-7-10-17(11-8-13)9-5-3-4-6-14(18)16-15/h12-13H,3-11,15H2,1-2H3,(H,16,18). The summed E-state index contributed by atoms with van der Waals surface area (Å²) in [6.07, 6.45) is 6.54. The Labute approximate surface area is 111 Å². The number of piperidine rings is 1. The second-order valence-electron chi connectivity index (χ2n) is 5.80. The topological polar surface area (TPSA) is 58.4 Å². The smallest absolute Gasteiger partial charge is 0.233 e. The number of amides is 1. The Hall–Kier alpha value is -0.610. The summed E-state index contributed by atoms with van der Waals surface area (Å²) in [7, 11) is 0. The number of nitrogens with two attached hydrogens (primary N) is 1. The van der Waals surface area contributed by atoms with Crippen LogP contribution in [0, 0.1) is 11.8 Å². The summed E-state index contributed by atoms with van der Waals surface area (Å²) in [6.45, 7) is 8.37. The van der Waals surface area contributed by atoms with Crippen LogP contribution in [0.5, 0.6) is 0 Å². The molecule has 0 spiro atoms. The fourth-order valence-corrected chi connectivity index (χ4v) is 2.71. The van der Waals surface area contributed by atoms with Crippen molar-refractivity contribution in [1.82, 2.24) is 10.3 Å². The van der Waals surface area contributed by atoms with Gasteiger partial charge in [-0.1, -0.05) is 20.3 Å². The summed E-state index contributed by atoms with van der Waals surface area (Å²) in [6, 6.07) is 0. The average molecular weight is 255 g/mol. The second kappa shape index (κ2) is 8.48. The van der Waals surface area contributed by atoms with Gasteiger partial charge in [-0.25, -0.2) is 5.84 Å². The summed E-state index contributed by atoms with van der Waals surface area (Å²) in [5.41, 5.74) is 2.17. The Morgan fingerprint density at radius 3 is 2.50 bits per heavy atom. The third-order valence-electron chi connectivity index (χ3n) is 4.11. The van der Waals surface area contributed by atoms with Crippen LogP contribution in [0.1, 0.15) is 52.4 Å². The van der Waals surface area contributed by atoms with E-state index in [-0.39, 0.29) is 5.91 Å². The highest BCUT2D eigenvalue weighted by Gasteiger charge is 2.20. The largest absolute Gasteiger partial charge is 0.303 e. The lowest BCUT2D eigenvalue weighted by Gasteiger charge is -2.33. The van der Waals surface area contributed by atoms with Gasteiger partial charge >= 0.3 is 0 Å². The molecule has 4 heteroatoms. The second-order valence-corrected chi connectivity index (χ2v) is 5.80. The number of nitrogens with one attached hydrogen (secondary N) is 1. The molecule has 0 aromatic heterocycles. The van der Waals surface area contributed by atoms with E-state index in [0.717, 1.165) is 24.7 Å². The summed E-state index contributed by atoms with van der Waals surface area (Å²) >= 11 is 0. The Morgan fingerprint density at radius 2 is 1.94 bits per heavy atom. The number of carbonyl (C=O) groups is 1. The zero-order chi connectivity index (χ0) is 13.4. The van der Waals surface area contributed by atoms with Gasteiger partial charge in [0, 0.05) is 6.42 Å². The molecule has 0 atom stereocenters. The van der Waals surface area contributed by atoms with Crippen molar-refractivity contribution in [2.45, 2.75) is 52.4 Å². The third-order valence-corrected chi connectivity index (χ3v) is 4.11. The summed E-state index contributed by atoms with van der Waals surface area (Å²) in [5, 5.41) is 0. The summed E-state index contributed by atoms with van der Waals surface area (Å²) in [5.74, 6) is 6.75. The molecular weight excluding hydrogens is 226 g/mol. The van der Waals surface area contributed by atoms with E-state index in [9.17, 15) is 4.79 Å². The maximum atomic E-state index is 10.9. The molecule has 0 aromatic carbocycles. The molecule has 0 unspecified atom stereocenters. The first-order valence-corrected chi connectivity index (χ1v) is 7.35. The molecule has 0 radical (unpaired) electrons. The van der Waals surface area contributed by atoms with Gasteiger partial charge in [0.15, 0.2) is 0 Å². The van der Waals surface area contributed by atoms with Crippen molar-refractivity contribution < 1.29 is 4.79 Å². The van der Waals surface area contributed by atoms with Crippen LogP contribution in [0.3, 0.4) is 0 Å². The number of hydrazine groups is 1. The van der Waals surface area contributed by atoms with Gasteiger partial charge in [0.2, 0.25) is 5.91 Å². The number of rotatable bonds is 7. The van der Waals surface area contributed by atoms with Crippen molar-refractivity contribution in [3.63, 3.8) is 0 Å². The molecule has 1 heterocycles. The van der Waals surface area contributed by atoms with Crippen LogP contribution in [0.4, 0.5) is 0 Å². The first-order chi connectivity index (χ1) is 8.63. The predicted molar refractivity (Wildman–Crippen MR) is 74.8 cm³/mol. The van der Waals surface area contributed by atoms with Crippen LogP contribution in [-0.4, -0.2) is 30.4 Å². The molecule has 0 aromatic rings. The predicted octanol–water partition coefficient (Wildman–Crippen LogP) is 1.90. The van der Waals surface area contributed by atoms with Gasteiger partial charge in [-0.15, -0.1) is 0 Å². The van der Waals surface area contributed by atoms with E-state index in [0.29, 0.717) is 6.42 Å². The maximum Gasteiger partial charge on any atom is 0.233 e. The average Bonchev–Trinajstić information content (AvgIpc) is 2.38. The van der Waals surface area contributed by atoms with Crippen molar-refractivity contribution in [2.75, 3.05) is 19.6 Å². The Bertz CT molecular complexity index is 235. The van der Waals surface area contributed by atoms with Crippen LogP contribution in [-0.2, 0) is 4.79 Å². The Balaban J connectivity index is 1.99. The number of hydrogen-bond donors (Lipinski definition) is 2. The van der Waals surface area contributed by atoms with E-state index in [1.807, 2.05) is 0 Å². The van der Waals surface area contributed by atoms with E-state index in [1.54, 1.807) is 0 Å². The van der Waals surface area contributed by atoms with Gasteiger partial charge in [-0.05, 0) is 57.2 Å². The van der Waals surface area contributed by atoms with Gasteiger partial charge in [-0.2, -0.15) is 0 Å². The van der Waals surface area contributed by atoms with Crippen molar-refractivity contribution in [3.8, 4) is 0 Å². The molecule has 1 aliphatic heterocycles. The first kappa shape index (κ1) is 15.4. The molecule has 1 saturated heterocycles. The third kappa shape index (κ3) is 5.83. The number of unbranched alkanes of at least 4 members (excludes halogenated alkanes) is 2. The van der Waals surface area contributed by atoms with Crippen molar-refractivity contribution >= 4 is 5.91 Å². The zero-order valence-electron chi connectivity index (χ0n) is 12.0. The van der Waals surface area contributed by atoms with E-state index in [1.165, 1.54) is 38.9 Å². The molecule has 106 valence electrons. The molecule has 1 rings (SSSR count). The van der Waals surface area contributed by atoms with Gasteiger partial charge in [0.05, 0.1) is 0 Å². The number of nitrogens with zero attached hydrogens (tertiary/aromatic N) is 1. The summed E-state index contributed by atoms with van der Waals surface area (Å²) < 4.78 is 0. The van der Waals surface area contributed by atoms with Crippen LogP contribution < -0.4 is 11.3 Å². The van der Waals surface area contributed by atoms with E-state index >= 15 is 0 Å². The molecule has 0 bridgehead atoms. The van der Waals surface area contributed by atoms with Crippen molar-refractivity contribution in [2.24, 2.45) is 17.7 Å². The first-order valence-electron chi connectivity index (χ1n) is 7.35. The molecule has 0 saturated carbocycles. The minimum absolute atomic E-state index is 0.0484. The minimum Gasteiger partial charge on any atom is -0.303 e. The number of likely N-dealkylation sites (tertiary alicyclic amines) is 1. The van der Waals surface area contributed by atoms with Gasteiger partial charge in [-0.3, -0.25) is 10.2 Å². The van der Waals surface area contributed by atoms with Crippen LogP contribution >= 0.6 is 0 Å². The SMILES string of the molecule is CC(C)C1CCN(CCCCCC(=O)NN)CC1. The quantitative estimate of drug-likeness (QED) is 0.316.